The maximum absolute atomic E-state index is 5.59. The number of aromatic nitrogens is 3. The largest absolute Gasteiger partial charge is 0.292 e. The van der Waals surface area contributed by atoms with E-state index in [2.05, 4.69) is 155 Å². The van der Waals surface area contributed by atoms with E-state index in [4.69, 9.17) is 9.97 Å². The minimum atomic E-state index is 0.663. The van der Waals surface area contributed by atoms with Gasteiger partial charge >= 0.3 is 0 Å². The summed E-state index contributed by atoms with van der Waals surface area (Å²) in [5.74, 6) is 1.56. The summed E-state index contributed by atoms with van der Waals surface area (Å²) in [6.07, 6.45) is 0. The number of thiophene rings is 1. The lowest BCUT2D eigenvalue weighted by Gasteiger charge is -2.32. The van der Waals surface area contributed by atoms with Gasteiger partial charge in [-0.15, -0.1) is 11.3 Å². The molecule has 0 amide bonds. The highest BCUT2D eigenvalue weighted by Crippen LogP contribution is 2.52. The van der Waals surface area contributed by atoms with Gasteiger partial charge in [-0.3, -0.25) is 9.47 Å². The highest BCUT2D eigenvalue weighted by Gasteiger charge is 2.30. The number of hydrogen-bond donors (Lipinski definition) is 0. The fourth-order valence-electron chi connectivity index (χ4n) is 7.67. The molecule has 3 aromatic heterocycles. The SMILES string of the molecule is c1ccc2cc3c(cc2c1)-c1cccc2cccc(c12)N3c1nc(-n2c3ccccc3c3ccccc32)c2sc3ccccc3c2n1. The van der Waals surface area contributed by atoms with Crippen LogP contribution in [0.2, 0.25) is 0 Å². The Morgan fingerprint density at radius 1 is 0.489 bits per heavy atom. The predicted octanol–water partition coefficient (Wildman–Crippen LogP) is 11.7. The van der Waals surface area contributed by atoms with Gasteiger partial charge in [0.15, 0.2) is 5.82 Å². The molecule has 0 radical (unpaired) electrons. The minimum Gasteiger partial charge on any atom is -0.292 e. The molecule has 1 aliphatic rings. The van der Waals surface area contributed by atoms with E-state index in [1.165, 1.54) is 48.1 Å². The van der Waals surface area contributed by atoms with E-state index in [9.17, 15) is 0 Å². The van der Waals surface area contributed by atoms with Crippen LogP contribution < -0.4 is 4.90 Å². The molecule has 4 heterocycles. The molecule has 0 unspecified atom stereocenters. The maximum Gasteiger partial charge on any atom is 0.237 e. The van der Waals surface area contributed by atoms with E-state index in [1.54, 1.807) is 11.3 Å². The number of anilines is 3. The molecule has 5 heteroatoms. The van der Waals surface area contributed by atoms with E-state index >= 15 is 0 Å². The van der Waals surface area contributed by atoms with Crippen molar-refractivity contribution < 1.29 is 0 Å². The first-order valence-corrected chi connectivity index (χ1v) is 16.7. The molecule has 0 aliphatic carbocycles. The van der Waals surface area contributed by atoms with E-state index in [1.807, 2.05) is 0 Å². The van der Waals surface area contributed by atoms with Crippen LogP contribution in [0.4, 0.5) is 17.3 Å². The first-order chi connectivity index (χ1) is 23.3. The average molecular weight is 617 g/mol. The summed E-state index contributed by atoms with van der Waals surface area (Å²) in [6, 6.07) is 52.3. The topological polar surface area (TPSA) is 34.0 Å². The van der Waals surface area contributed by atoms with Gasteiger partial charge in [0.1, 0.15) is 0 Å². The molecule has 7 aromatic carbocycles. The Hall–Kier alpha value is -6.04. The summed E-state index contributed by atoms with van der Waals surface area (Å²) < 4.78 is 4.62. The van der Waals surface area contributed by atoms with Crippen LogP contribution in [-0.2, 0) is 0 Å². The summed E-state index contributed by atoms with van der Waals surface area (Å²) in [5.41, 5.74) is 7.84. The first kappa shape index (κ1) is 25.2. The smallest absolute Gasteiger partial charge is 0.237 e. The van der Waals surface area contributed by atoms with Crippen molar-refractivity contribution in [1.29, 1.82) is 0 Å². The first-order valence-electron chi connectivity index (χ1n) is 15.8. The van der Waals surface area contributed by atoms with Gasteiger partial charge in [-0.1, -0.05) is 109 Å². The van der Waals surface area contributed by atoms with Crippen molar-refractivity contribution in [2.24, 2.45) is 0 Å². The van der Waals surface area contributed by atoms with Crippen molar-refractivity contribution in [3.05, 3.63) is 146 Å². The zero-order valence-corrected chi connectivity index (χ0v) is 25.9. The van der Waals surface area contributed by atoms with Crippen LogP contribution in [0.15, 0.2) is 146 Å². The van der Waals surface area contributed by atoms with E-state index in [-0.39, 0.29) is 0 Å². The van der Waals surface area contributed by atoms with Gasteiger partial charge in [-0.25, -0.2) is 4.98 Å². The number of para-hydroxylation sites is 2. The molecule has 0 bridgehead atoms. The molecule has 47 heavy (non-hydrogen) atoms. The van der Waals surface area contributed by atoms with Gasteiger partial charge in [0.2, 0.25) is 5.95 Å². The fourth-order valence-corrected chi connectivity index (χ4v) is 8.80. The molecule has 0 atom stereocenters. The molecule has 0 fully saturated rings. The van der Waals surface area contributed by atoms with E-state index < -0.39 is 0 Å². The lowest BCUT2D eigenvalue weighted by atomic mass is 9.90. The van der Waals surface area contributed by atoms with Crippen molar-refractivity contribution in [2.45, 2.75) is 0 Å². The highest BCUT2D eigenvalue weighted by atomic mass is 32.1. The van der Waals surface area contributed by atoms with Crippen LogP contribution in [0.5, 0.6) is 0 Å². The molecular weight excluding hydrogens is 593 g/mol. The fraction of sp³-hybridized carbons (Fsp3) is 0. The lowest BCUT2D eigenvalue weighted by molar-refractivity contribution is 1.04. The van der Waals surface area contributed by atoms with Gasteiger partial charge in [0.25, 0.3) is 0 Å². The summed E-state index contributed by atoms with van der Waals surface area (Å²) in [4.78, 5) is 13.4. The van der Waals surface area contributed by atoms with Gasteiger partial charge in [0.05, 0.1) is 32.6 Å². The van der Waals surface area contributed by atoms with Crippen molar-refractivity contribution in [1.82, 2.24) is 14.5 Å². The van der Waals surface area contributed by atoms with Gasteiger partial charge in [-0.05, 0) is 58.1 Å². The third kappa shape index (κ3) is 3.41. The zero-order valence-electron chi connectivity index (χ0n) is 25.1. The van der Waals surface area contributed by atoms with Crippen LogP contribution in [0.1, 0.15) is 0 Å². The molecule has 0 spiro atoms. The number of hydrogen-bond acceptors (Lipinski definition) is 4. The molecule has 218 valence electrons. The molecule has 11 rings (SSSR count). The van der Waals surface area contributed by atoms with Crippen molar-refractivity contribution in [3.63, 3.8) is 0 Å². The molecular formula is C42H24N4S. The summed E-state index contributed by atoms with van der Waals surface area (Å²) in [6.45, 7) is 0. The second-order valence-electron chi connectivity index (χ2n) is 12.2. The van der Waals surface area contributed by atoms with Crippen LogP contribution in [0.25, 0.3) is 80.6 Å². The highest BCUT2D eigenvalue weighted by molar-refractivity contribution is 7.26. The maximum atomic E-state index is 5.59. The summed E-state index contributed by atoms with van der Waals surface area (Å²) in [7, 11) is 0. The number of benzene rings is 7. The third-order valence-corrected chi connectivity index (χ3v) is 10.9. The lowest BCUT2D eigenvalue weighted by Crippen LogP contribution is -2.18. The van der Waals surface area contributed by atoms with Gasteiger partial charge in [-0.2, -0.15) is 4.98 Å². The summed E-state index contributed by atoms with van der Waals surface area (Å²) >= 11 is 1.77. The Morgan fingerprint density at radius 3 is 1.91 bits per heavy atom. The number of nitrogens with zero attached hydrogens (tertiary/aromatic N) is 4. The van der Waals surface area contributed by atoms with Crippen LogP contribution >= 0.6 is 11.3 Å². The van der Waals surface area contributed by atoms with Crippen LogP contribution in [0.3, 0.4) is 0 Å². The molecule has 0 saturated carbocycles. The molecule has 10 aromatic rings. The quantitative estimate of drug-likeness (QED) is 0.194. The molecule has 0 N–H and O–H groups in total. The van der Waals surface area contributed by atoms with Crippen molar-refractivity contribution >= 4 is 92.3 Å². The van der Waals surface area contributed by atoms with Crippen LogP contribution in [0, 0.1) is 0 Å². The zero-order chi connectivity index (χ0) is 30.6. The Kier molecular flexibility index (Phi) is 4.96. The average Bonchev–Trinajstić information content (AvgIpc) is 3.67. The standard InChI is InChI=1S/C42H24N4S/c1-2-12-27-24-36-32(23-26(27)11-1)30-18-9-13-25-14-10-21-35(38(25)30)46(36)42-43-39-31-17-5-8-22-37(31)47-40(39)41(44-42)45-33-19-6-3-15-28(33)29-16-4-7-20-34(29)45/h1-24H. The van der Waals surface area contributed by atoms with E-state index in [0.29, 0.717) is 5.95 Å². The normalized spacial score (nSPS) is 12.6. The van der Waals surface area contributed by atoms with Gasteiger partial charge < -0.3 is 0 Å². The second kappa shape index (κ2) is 9.25. The number of fused-ring (bicyclic) bond motifs is 9. The Morgan fingerprint density at radius 2 is 1.13 bits per heavy atom. The Labute approximate surface area is 273 Å². The predicted molar refractivity (Wildman–Crippen MR) is 198 cm³/mol. The Bertz CT molecular complexity index is 2870. The van der Waals surface area contributed by atoms with Crippen molar-refractivity contribution in [2.75, 3.05) is 4.90 Å². The monoisotopic (exact) mass is 616 g/mol. The third-order valence-electron chi connectivity index (χ3n) is 9.70. The minimum absolute atomic E-state index is 0.663. The van der Waals surface area contributed by atoms with Crippen molar-refractivity contribution in [3.8, 4) is 16.9 Å². The van der Waals surface area contributed by atoms with Gasteiger partial charge in [0, 0.05) is 31.8 Å². The second-order valence-corrected chi connectivity index (χ2v) is 13.3. The molecule has 1 aliphatic heterocycles. The number of rotatable bonds is 2. The molecule has 0 saturated heterocycles. The van der Waals surface area contributed by atoms with Crippen LogP contribution in [-0.4, -0.2) is 14.5 Å². The molecule has 4 nitrogen and oxygen atoms in total. The Balaban J connectivity index is 1.31. The van der Waals surface area contributed by atoms with E-state index in [0.717, 1.165) is 43.8 Å². The summed E-state index contributed by atoms with van der Waals surface area (Å²) in [5, 5.41) is 8.40.